The predicted molar refractivity (Wildman–Crippen MR) is 68.7 cm³/mol. The summed E-state index contributed by atoms with van der Waals surface area (Å²) in [6, 6.07) is 5.98. The van der Waals surface area contributed by atoms with E-state index in [1.807, 2.05) is 37.4 Å². The molecule has 2 rings (SSSR count). The topological polar surface area (TPSA) is 17.1 Å². The van der Waals surface area contributed by atoms with Gasteiger partial charge < -0.3 is 0 Å². The minimum atomic E-state index is 0.0572. The molecule has 0 N–H and O–H groups in total. The summed E-state index contributed by atoms with van der Waals surface area (Å²) in [6.07, 6.45) is 0. The molecule has 0 saturated carbocycles. The first kappa shape index (κ1) is 10.8. The summed E-state index contributed by atoms with van der Waals surface area (Å²) < 4.78 is 2.22. The van der Waals surface area contributed by atoms with E-state index in [0.717, 1.165) is 20.1 Å². The lowest BCUT2D eigenvalue weighted by Crippen LogP contribution is -2.06. The summed E-state index contributed by atoms with van der Waals surface area (Å²) in [5.74, 6) is 0.279. The first-order chi connectivity index (χ1) is 7.11. The molecule has 15 heavy (non-hydrogen) atoms. The van der Waals surface area contributed by atoms with E-state index in [9.17, 15) is 4.79 Å². The van der Waals surface area contributed by atoms with Gasteiger partial charge in [-0.15, -0.1) is 11.3 Å². The molecule has 0 amide bonds. The highest BCUT2D eigenvalue weighted by Gasteiger charge is 2.15. The van der Waals surface area contributed by atoms with Gasteiger partial charge in [0.25, 0.3) is 0 Å². The standard InChI is InChI=1S/C12H11BrOS/c1-7(2)11(14)9-6-15-12-8(9)4-3-5-10(12)13/h3-7H,1-2H3. The molecule has 0 unspecified atom stereocenters. The van der Waals surface area contributed by atoms with Gasteiger partial charge in [0.2, 0.25) is 0 Å². The van der Waals surface area contributed by atoms with Crippen LogP contribution in [0, 0.1) is 5.92 Å². The minimum absolute atomic E-state index is 0.0572. The fraction of sp³-hybridized carbons (Fsp3) is 0.250. The Labute approximate surface area is 101 Å². The van der Waals surface area contributed by atoms with Crippen molar-refractivity contribution in [2.45, 2.75) is 13.8 Å². The maximum Gasteiger partial charge on any atom is 0.166 e. The van der Waals surface area contributed by atoms with Crippen molar-refractivity contribution in [1.29, 1.82) is 0 Å². The van der Waals surface area contributed by atoms with Gasteiger partial charge in [-0.3, -0.25) is 4.79 Å². The highest BCUT2D eigenvalue weighted by Crippen LogP contribution is 2.33. The van der Waals surface area contributed by atoms with Gasteiger partial charge in [-0.1, -0.05) is 26.0 Å². The van der Waals surface area contributed by atoms with Gasteiger partial charge in [0.05, 0.1) is 0 Å². The molecule has 1 nitrogen and oxygen atoms in total. The smallest absolute Gasteiger partial charge is 0.166 e. The van der Waals surface area contributed by atoms with Crippen molar-refractivity contribution in [2.24, 2.45) is 5.92 Å². The predicted octanol–water partition coefficient (Wildman–Crippen LogP) is 4.50. The van der Waals surface area contributed by atoms with Gasteiger partial charge in [0.1, 0.15) is 0 Å². The van der Waals surface area contributed by atoms with Crippen LogP contribution in [0.2, 0.25) is 0 Å². The monoisotopic (exact) mass is 282 g/mol. The average Bonchev–Trinajstić information content (AvgIpc) is 2.61. The maximum atomic E-state index is 11.9. The molecule has 2 aromatic rings. The Bertz CT molecular complexity index is 513. The first-order valence-corrected chi connectivity index (χ1v) is 6.48. The Balaban J connectivity index is 2.64. The third-order valence-corrected chi connectivity index (χ3v) is 4.29. The Morgan fingerprint density at radius 3 is 2.80 bits per heavy atom. The second-order valence-corrected chi connectivity index (χ2v) is 5.52. The van der Waals surface area contributed by atoms with Crippen LogP contribution in [-0.4, -0.2) is 5.78 Å². The van der Waals surface area contributed by atoms with E-state index in [4.69, 9.17) is 0 Å². The van der Waals surface area contributed by atoms with Crippen LogP contribution < -0.4 is 0 Å². The molecule has 1 heterocycles. The number of hydrogen-bond acceptors (Lipinski definition) is 2. The van der Waals surface area contributed by atoms with E-state index in [0.29, 0.717) is 0 Å². The lowest BCUT2D eigenvalue weighted by atomic mass is 10.0. The van der Waals surface area contributed by atoms with Crippen molar-refractivity contribution in [3.05, 3.63) is 33.6 Å². The number of ketones is 1. The molecule has 0 aliphatic rings. The number of halogens is 1. The molecule has 1 aromatic carbocycles. The van der Waals surface area contributed by atoms with Gasteiger partial charge in [0.15, 0.2) is 5.78 Å². The van der Waals surface area contributed by atoms with Crippen molar-refractivity contribution in [3.63, 3.8) is 0 Å². The van der Waals surface area contributed by atoms with Crippen LogP contribution in [0.4, 0.5) is 0 Å². The number of thiophene rings is 1. The summed E-state index contributed by atoms with van der Waals surface area (Å²) >= 11 is 5.11. The zero-order valence-electron chi connectivity index (χ0n) is 8.58. The van der Waals surface area contributed by atoms with E-state index in [2.05, 4.69) is 15.9 Å². The molecule has 1 aromatic heterocycles. The van der Waals surface area contributed by atoms with Crippen LogP contribution in [-0.2, 0) is 0 Å². The number of fused-ring (bicyclic) bond motifs is 1. The number of rotatable bonds is 2. The third-order valence-electron chi connectivity index (χ3n) is 2.34. The Kier molecular flexibility index (Phi) is 2.94. The SMILES string of the molecule is CC(C)C(=O)c1csc2c(Br)cccc12. The number of carbonyl (C=O) groups is 1. The van der Waals surface area contributed by atoms with E-state index in [1.165, 1.54) is 0 Å². The third kappa shape index (κ3) is 1.86. The maximum absolute atomic E-state index is 11.9. The van der Waals surface area contributed by atoms with Gasteiger partial charge >= 0.3 is 0 Å². The Morgan fingerprint density at radius 2 is 2.13 bits per heavy atom. The van der Waals surface area contributed by atoms with Gasteiger partial charge in [-0.05, 0) is 22.0 Å². The zero-order chi connectivity index (χ0) is 11.0. The number of hydrogen-bond donors (Lipinski definition) is 0. The van der Waals surface area contributed by atoms with E-state index in [1.54, 1.807) is 11.3 Å². The van der Waals surface area contributed by atoms with Crippen molar-refractivity contribution < 1.29 is 4.79 Å². The second kappa shape index (κ2) is 4.06. The molecule has 0 aliphatic heterocycles. The van der Waals surface area contributed by atoms with Crippen LogP contribution >= 0.6 is 27.3 Å². The Hall–Kier alpha value is -0.670. The summed E-state index contributed by atoms with van der Waals surface area (Å²) in [5.41, 5.74) is 0.853. The number of Topliss-reactive ketones (excluding diaryl/α,β-unsaturated/α-hetero) is 1. The molecule has 3 heteroatoms. The van der Waals surface area contributed by atoms with Crippen LogP contribution in [0.15, 0.2) is 28.1 Å². The molecule has 0 radical (unpaired) electrons. The normalized spacial score (nSPS) is 11.2. The fourth-order valence-electron chi connectivity index (χ4n) is 1.52. The van der Waals surface area contributed by atoms with Gasteiger partial charge in [-0.2, -0.15) is 0 Å². The van der Waals surface area contributed by atoms with Crippen LogP contribution in [0.3, 0.4) is 0 Å². The summed E-state index contributed by atoms with van der Waals surface area (Å²) in [6.45, 7) is 3.87. The zero-order valence-corrected chi connectivity index (χ0v) is 11.0. The highest BCUT2D eigenvalue weighted by atomic mass is 79.9. The number of carbonyl (C=O) groups excluding carboxylic acids is 1. The van der Waals surface area contributed by atoms with Gasteiger partial charge in [0, 0.05) is 31.4 Å². The van der Waals surface area contributed by atoms with Crippen molar-refractivity contribution >= 4 is 43.1 Å². The van der Waals surface area contributed by atoms with Crippen molar-refractivity contribution in [2.75, 3.05) is 0 Å². The molecule has 78 valence electrons. The largest absolute Gasteiger partial charge is 0.294 e. The molecule has 0 fully saturated rings. The van der Waals surface area contributed by atoms with Crippen LogP contribution in [0.1, 0.15) is 24.2 Å². The van der Waals surface area contributed by atoms with Gasteiger partial charge in [-0.25, -0.2) is 0 Å². The van der Waals surface area contributed by atoms with E-state index in [-0.39, 0.29) is 11.7 Å². The molecular formula is C12H11BrOS. The average molecular weight is 283 g/mol. The van der Waals surface area contributed by atoms with E-state index >= 15 is 0 Å². The summed E-state index contributed by atoms with van der Waals surface area (Å²) in [4.78, 5) is 11.9. The molecule has 0 saturated heterocycles. The number of benzene rings is 1. The first-order valence-electron chi connectivity index (χ1n) is 4.81. The second-order valence-electron chi connectivity index (χ2n) is 3.78. The van der Waals surface area contributed by atoms with Crippen LogP contribution in [0.25, 0.3) is 10.1 Å². The molecule has 0 spiro atoms. The van der Waals surface area contributed by atoms with Crippen molar-refractivity contribution in [1.82, 2.24) is 0 Å². The molecule has 0 atom stereocenters. The van der Waals surface area contributed by atoms with Crippen molar-refractivity contribution in [3.8, 4) is 0 Å². The van der Waals surface area contributed by atoms with E-state index < -0.39 is 0 Å². The highest BCUT2D eigenvalue weighted by molar-refractivity contribution is 9.10. The minimum Gasteiger partial charge on any atom is -0.294 e. The lowest BCUT2D eigenvalue weighted by Gasteiger charge is -2.02. The molecular weight excluding hydrogens is 272 g/mol. The van der Waals surface area contributed by atoms with Crippen LogP contribution in [0.5, 0.6) is 0 Å². The fourth-order valence-corrected chi connectivity index (χ4v) is 3.13. The molecule has 0 bridgehead atoms. The Morgan fingerprint density at radius 1 is 1.40 bits per heavy atom. The summed E-state index contributed by atoms with van der Waals surface area (Å²) in [5, 5.41) is 3.02. The summed E-state index contributed by atoms with van der Waals surface area (Å²) in [7, 11) is 0. The lowest BCUT2D eigenvalue weighted by molar-refractivity contribution is 0.0941. The quantitative estimate of drug-likeness (QED) is 0.741. The molecule has 0 aliphatic carbocycles.